The van der Waals surface area contributed by atoms with E-state index in [-0.39, 0.29) is 18.1 Å². The van der Waals surface area contributed by atoms with Crippen molar-refractivity contribution >= 4 is 11.8 Å². The van der Waals surface area contributed by atoms with Crippen LogP contribution in [-0.2, 0) is 10.3 Å². The van der Waals surface area contributed by atoms with E-state index in [2.05, 4.69) is 15.5 Å². The van der Waals surface area contributed by atoms with Crippen LogP contribution in [0.3, 0.4) is 0 Å². The topological polar surface area (TPSA) is 125 Å². The van der Waals surface area contributed by atoms with E-state index in [1.165, 1.54) is 12.1 Å². The van der Waals surface area contributed by atoms with Crippen molar-refractivity contribution in [3.63, 3.8) is 0 Å². The highest BCUT2D eigenvalue weighted by atomic mass is 19.1. The maximum absolute atomic E-state index is 15.3. The number of ether oxygens (including phenoxy) is 1. The average Bonchev–Trinajstić information content (AvgIpc) is 3.37. The fraction of sp³-hybridized carbons (Fsp3) is 0.400. The van der Waals surface area contributed by atoms with Gasteiger partial charge in [-0.05, 0) is 82.9 Å². The van der Waals surface area contributed by atoms with E-state index in [1.54, 1.807) is 56.9 Å². The number of hydrogen-bond acceptors (Lipinski definition) is 6. The molecule has 0 bridgehead atoms. The van der Waals surface area contributed by atoms with E-state index in [1.807, 2.05) is 13.0 Å². The number of amides is 2. The molecule has 40 heavy (non-hydrogen) atoms. The summed E-state index contributed by atoms with van der Waals surface area (Å²) in [4.78, 5) is 40.8. The number of H-pyrrole nitrogens is 1. The van der Waals surface area contributed by atoms with Gasteiger partial charge in [0.2, 0.25) is 5.91 Å². The Morgan fingerprint density at radius 3 is 2.58 bits per heavy atom. The third kappa shape index (κ3) is 4.66. The quantitative estimate of drug-likeness (QED) is 0.431. The van der Waals surface area contributed by atoms with E-state index in [0.717, 1.165) is 5.56 Å². The molecule has 10 heteroatoms. The lowest BCUT2D eigenvalue weighted by molar-refractivity contribution is -0.138. The third-order valence-electron chi connectivity index (χ3n) is 8.04. The predicted molar refractivity (Wildman–Crippen MR) is 146 cm³/mol. The Labute approximate surface area is 231 Å². The summed E-state index contributed by atoms with van der Waals surface area (Å²) in [5.41, 5.74) is -0.00687. The Hall–Kier alpha value is -4.05. The van der Waals surface area contributed by atoms with Crippen molar-refractivity contribution in [3.05, 3.63) is 86.6 Å². The molecule has 3 N–H and O–H groups in total. The fourth-order valence-corrected chi connectivity index (χ4v) is 6.25. The smallest absolute Gasteiger partial charge is 0.307 e. The summed E-state index contributed by atoms with van der Waals surface area (Å²) >= 11 is 0. The summed E-state index contributed by atoms with van der Waals surface area (Å²) in [5, 5.41) is 20.0. The largest absolute Gasteiger partial charge is 0.451 e. The Morgan fingerprint density at radius 2 is 1.90 bits per heavy atom. The van der Waals surface area contributed by atoms with Gasteiger partial charge in [0.1, 0.15) is 17.6 Å². The number of carbonyl (C=O) groups is 2. The molecule has 2 saturated heterocycles. The molecular weight excluding hydrogens is 515 g/mol. The minimum absolute atomic E-state index is 0.0834. The lowest BCUT2D eigenvalue weighted by atomic mass is 9.82. The number of halogens is 1. The third-order valence-corrected chi connectivity index (χ3v) is 8.04. The molecule has 2 aromatic carbocycles. The summed E-state index contributed by atoms with van der Waals surface area (Å²) < 4.78 is 21.1. The lowest BCUT2D eigenvalue weighted by Gasteiger charge is -2.40. The molecular formula is C30H33FN4O5. The molecule has 0 unspecified atom stereocenters. The van der Waals surface area contributed by atoms with Gasteiger partial charge >= 0.3 is 5.56 Å². The minimum Gasteiger partial charge on any atom is -0.451 e. The van der Waals surface area contributed by atoms with Crippen LogP contribution in [0.15, 0.2) is 47.3 Å². The van der Waals surface area contributed by atoms with E-state index < -0.39 is 40.5 Å². The Balaban J connectivity index is 1.42. The van der Waals surface area contributed by atoms with Crippen LogP contribution in [0, 0.1) is 26.6 Å². The second-order valence-corrected chi connectivity index (χ2v) is 11.4. The first-order valence-corrected chi connectivity index (χ1v) is 13.3. The molecule has 2 aliphatic heterocycles. The number of rotatable bonds is 6. The predicted octanol–water partition coefficient (Wildman–Crippen LogP) is 3.79. The summed E-state index contributed by atoms with van der Waals surface area (Å²) in [7, 11) is 0. The molecule has 3 heterocycles. The first-order chi connectivity index (χ1) is 18.8. The molecule has 3 atom stereocenters. The summed E-state index contributed by atoms with van der Waals surface area (Å²) in [6.07, 6.45) is 1.18. The molecule has 3 aromatic rings. The number of nitrogens with zero attached hydrogens (tertiary/aromatic N) is 2. The molecule has 2 aliphatic rings. The van der Waals surface area contributed by atoms with Crippen molar-refractivity contribution in [3.8, 4) is 11.5 Å². The molecule has 0 aliphatic carbocycles. The summed E-state index contributed by atoms with van der Waals surface area (Å²) in [6, 6.07) is 9.68. The Morgan fingerprint density at radius 1 is 1.15 bits per heavy atom. The van der Waals surface area contributed by atoms with Crippen molar-refractivity contribution in [1.82, 2.24) is 20.4 Å². The van der Waals surface area contributed by atoms with Crippen LogP contribution in [-0.4, -0.2) is 49.7 Å². The molecule has 1 aromatic heterocycles. The van der Waals surface area contributed by atoms with Crippen LogP contribution in [0.1, 0.15) is 65.9 Å². The number of fused-ring (bicyclic) bond motifs is 1. The van der Waals surface area contributed by atoms with Gasteiger partial charge < -0.3 is 20.1 Å². The first-order valence-electron chi connectivity index (χ1n) is 13.3. The van der Waals surface area contributed by atoms with Gasteiger partial charge in [-0.25, -0.2) is 9.49 Å². The highest BCUT2D eigenvalue weighted by Gasteiger charge is 2.61. The van der Waals surface area contributed by atoms with Gasteiger partial charge in [0, 0.05) is 23.6 Å². The number of carbonyl (C=O) groups excluding carboxylic acids is 2. The van der Waals surface area contributed by atoms with E-state index in [9.17, 15) is 19.5 Å². The molecule has 2 amide bonds. The van der Waals surface area contributed by atoms with Crippen molar-refractivity contribution in [2.75, 3.05) is 0 Å². The molecule has 2 fully saturated rings. The number of nitrogens with one attached hydrogen (secondary N) is 2. The molecule has 5 rings (SSSR count). The van der Waals surface area contributed by atoms with E-state index >= 15 is 4.39 Å². The zero-order valence-corrected chi connectivity index (χ0v) is 23.2. The maximum Gasteiger partial charge on any atom is 0.307 e. The fourth-order valence-electron chi connectivity index (χ4n) is 6.25. The number of hydrogen-bond donors (Lipinski definition) is 3. The van der Waals surface area contributed by atoms with Crippen molar-refractivity contribution in [2.45, 2.75) is 77.1 Å². The van der Waals surface area contributed by atoms with Gasteiger partial charge in [-0.2, -0.15) is 5.10 Å². The van der Waals surface area contributed by atoms with Gasteiger partial charge in [0.15, 0.2) is 5.75 Å². The standard InChI is InChI=1S/C30H33FN4O5/c1-16-7-6-8-20(31)25(16)30-12-11-24(29(4,5)39)35(30)28(38)21(15-30)32-26(36)19-9-10-22(17(2)13-19)40-23-14-18(3)33-34-27(23)37/h6-10,13-14,21,24,39H,11-12,15H2,1-5H3,(H,32,36)(H,34,37)/t21-,24+,30+/m0/s1. The van der Waals surface area contributed by atoms with Crippen LogP contribution in [0.5, 0.6) is 11.5 Å². The normalized spacial score (nSPS) is 22.4. The molecule has 0 radical (unpaired) electrons. The monoisotopic (exact) mass is 548 g/mol. The molecule has 210 valence electrons. The van der Waals surface area contributed by atoms with Gasteiger partial charge in [0.25, 0.3) is 5.91 Å². The second kappa shape index (κ2) is 9.85. The van der Waals surface area contributed by atoms with Gasteiger partial charge in [-0.15, -0.1) is 0 Å². The summed E-state index contributed by atoms with van der Waals surface area (Å²) in [6.45, 7) is 8.57. The molecule has 0 saturated carbocycles. The highest BCUT2D eigenvalue weighted by Crippen LogP contribution is 2.53. The lowest BCUT2D eigenvalue weighted by Crippen LogP contribution is -2.53. The van der Waals surface area contributed by atoms with Crippen LogP contribution in [0.25, 0.3) is 0 Å². The van der Waals surface area contributed by atoms with Gasteiger partial charge in [-0.3, -0.25) is 14.4 Å². The van der Waals surface area contributed by atoms with Crippen LogP contribution < -0.4 is 15.6 Å². The number of aliphatic hydroxyl groups is 1. The zero-order chi connectivity index (χ0) is 29.0. The second-order valence-electron chi connectivity index (χ2n) is 11.4. The van der Waals surface area contributed by atoms with E-state index in [0.29, 0.717) is 41.0 Å². The first kappa shape index (κ1) is 27.5. The van der Waals surface area contributed by atoms with Crippen molar-refractivity contribution in [1.29, 1.82) is 0 Å². The van der Waals surface area contributed by atoms with Gasteiger partial charge in [-0.1, -0.05) is 12.1 Å². The zero-order valence-electron chi connectivity index (χ0n) is 23.2. The van der Waals surface area contributed by atoms with Crippen LogP contribution in [0.2, 0.25) is 0 Å². The van der Waals surface area contributed by atoms with Crippen LogP contribution in [0.4, 0.5) is 4.39 Å². The van der Waals surface area contributed by atoms with Crippen LogP contribution >= 0.6 is 0 Å². The van der Waals surface area contributed by atoms with Gasteiger partial charge in [0.05, 0.1) is 22.9 Å². The average molecular weight is 549 g/mol. The number of aryl methyl sites for hydroxylation is 3. The van der Waals surface area contributed by atoms with Crippen molar-refractivity contribution < 1.29 is 23.8 Å². The SMILES string of the molecule is Cc1cc(Oc2ccc(C(=O)N[C@H]3C[C@@]4(c5c(C)cccc5F)CC[C@H](C(C)(C)O)N4C3=O)cc2C)c(=O)[nH]n1. The highest BCUT2D eigenvalue weighted by molar-refractivity contribution is 5.99. The van der Waals surface area contributed by atoms with E-state index in [4.69, 9.17) is 4.74 Å². The number of aromatic nitrogens is 2. The minimum atomic E-state index is -1.21. The number of aromatic amines is 1. The Bertz CT molecular complexity index is 1540. The molecule has 0 spiro atoms. The maximum atomic E-state index is 15.3. The van der Waals surface area contributed by atoms with Crippen molar-refractivity contribution in [2.24, 2.45) is 0 Å². The summed E-state index contributed by atoms with van der Waals surface area (Å²) in [5.74, 6) is -0.737. The number of benzene rings is 2. The molecule has 9 nitrogen and oxygen atoms in total. The Kier molecular flexibility index (Phi) is 6.78.